The average Bonchev–Trinajstić information content (AvgIpc) is 2.41. The van der Waals surface area contributed by atoms with Gasteiger partial charge in [0.15, 0.2) is 6.61 Å². The van der Waals surface area contributed by atoms with Crippen molar-refractivity contribution < 1.29 is 9.53 Å². The van der Waals surface area contributed by atoms with Crippen LogP contribution in [0.5, 0.6) is 5.75 Å². The van der Waals surface area contributed by atoms with E-state index in [4.69, 9.17) is 27.9 Å². The standard InChI is InChI=1S/C15H21Cl2NO2/c1-15(2,7-4-8-16)11-18-14(19)10-20-13-6-3-5-12(17)9-13/h3,5-6,9H,4,7-8,10-11H2,1-2H3,(H,18,19). The van der Waals surface area contributed by atoms with Crippen LogP contribution in [0.2, 0.25) is 5.02 Å². The van der Waals surface area contributed by atoms with Crippen molar-refractivity contribution in [2.45, 2.75) is 26.7 Å². The number of hydrogen-bond acceptors (Lipinski definition) is 2. The number of carbonyl (C=O) groups is 1. The number of rotatable bonds is 8. The van der Waals surface area contributed by atoms with Crippen LogP contribution in [0.4, 0.5) is 0 Å². The first-order valence-corrected chi connectivity index (χ1v) is 7.55. The lowest BCUT2D eigenvalue weighted by molar-refractivity contribution is -0.123. The summed E-state index contributed by atoms with van der Waals surface area (Å²) in [6.45, 7) is 4.82. The van der Waals surface area contributed by atoms with E-state index in [2.05, 4.69) is 19.2 Å². The third-order valence-electron chi connectivity index (χ3n) is 2.92. The molecule has 1 N–H and O–H groups in total. The van der Waals surface area contributed by atoms with Crippen LogP contribution < -0.4 is 10.1 Å². The molecule has 0 bridgehead atoms. The number of nitrogens with one attached hydrogen (secondary N) is 1. The molecule has 0 radical (unpaired) electrons. The number of alkyl halides is 1. The molecule has 20 heavy (non-hydrogen) atoms. The molecular formula is C15H21Cl2NO2. The molecule has 3 nitrogen and oxygen atoms in total. The molecule has 0 aromatic heterocycles. The Bertz CT molecular complexity index is 436. The van der Waals surface area contributed by atoms with Crippen molar-refractivity contribution >= 4 is 29.1 Å². The monoisotopic (exact) mass is 317 g/mol. The van der Waals surface area contributed by atoms with Crippen LogP contribution in [0.1, 0.15) is 26.7 Å². The molecule has 0 heterocycles. The number of hydrogen-bond donors (Lipinski definition) is 1. The van der Waals surface area contributed by atoms with E-state index in [9.17, 15) is 4.79 Å². The third-order valence-corrected chi connectivity index (χ3v) is 3.42. The second kappa shape index (κ2) is 8.38. The van der Waals surface area contributed by atoms with Gasteiger partial charge in [0.2, 0.25) is 0 Å². The molecule has 0 aliphatic heterocycles. The molecular weight excluding hydrogens is 297 g/mol. The van der Waals surface area contributed by atoms with Gasteiger partial charge < -0.3 is 10.1 Å². The van der Waals surface area contributed by atoms with E-state index in [0.29, 0.717) is 23.2 Å². The predicted molar refractivity (Wildman–Crippen MR) is 83.7 cm³/mol. The highest BCUT2D eigenvalue weighted by atomic mass is 35.5. The fourth-order valence-corrected chi connectivity index (χ4v) is 2.04. The van der Waals surface area contributed by atoms with Gasteiger partial charge in [-0.05, 0) is 36.5 Å². The minimum absolute atomic E-state index is 0.00801. The Hall–Kier alpha value is -0.930. The summed E-state index contributed by atoms with van der Waals surface area (Å²) in [4.78, 5) is 11.7. The molecule has 0 aliphatic carbocycles. The van der Waals surface area contributed by atoms with Crippen molar-refractivity contribution in [3.8, 4) is 5.75 Å². The van der Waals surface area contributed by atoms with Crippen LogP contribution in [0, 0.1) is 5.41 Å². The first kappa shape index (κ1) is 17.1. The lowest BCUT2D eigenvalue weighted by Crippen LogP contribution is -2.36. The molecule has 0 saturated heterocycles. The van der Waals surface area contributed by atoms with Gasteiger partial charge in [-0.15, -0.1) is 11.6 Å². The number of benzene rings is 1. The van der Waals surface area contributed by atoms with Gasteiger partial charge in [-0.1, -0.05) is 31.5 Å². The number of ether oxygens (including phenoxy) is 1. The van der Waals surface area contributed by atoms with Gasteiger partial charge in [-0.3, -0.25) is 4.79 Å². The van der Waals surface area contributed by atoms with Gasteiger partial charge in [0.1, 0.15) is 5.75 Å². The molecule has 1 rings (SSSR count). The molecule has 0 unspecified atom stereocenters. The summed E-state index contributed by atoms with van der Waals surface area (Å²) in [7, 11) is 0. The zero-order chi connectivity index (χ0) is 15.0. The predicted octanol–water partition coefficient (Wildman–Crippen LogP) is 3.88. The van der Waals surface area contributed by atoms with Crippen molar-refractivity contribution in [2.24, 2.45) is 5.41 Å². The Morgan fingerprint density at radius 2 is 2.15 bits per heavy atom. The molecule has 5 heteroatoms. The van der Waals surface area contributed by atoms with Crippen molar-refractivity contribution in [1.82, 2.24) is 5.32 Å². The van der Waals surface area contributed by atoms with E-state index >= 15 is 0 Å². The minimum atomic E-state index is -0.135. The minimum Gasteiger partial charge on any atom is -0.484 e. The maximum Gasteiger partial charge on any atom is 0.257 e. The lowest BCUT2D eigenvalue weighted by atomic mass is 9.88. The number of carbonyl (C=O) groups excluding carboxylic acids is 1. The van der Waals surface area contributed by atoms with Gasteiger partial charge in [0.25, 0.3) is 5.91 Å². The normalized spacial score (nSPS) is 11.2. The summed E-state index contributed by atoms with van der Waals surface area (Å²) < 4.78 is 5.38. The molecule has 0 saturated carbocycles. The average molecular weight is 318 g/mol. The number of amides is 1. The van der Waals surface area contributed by atoms with Crippen LogP contribution in [0.3, 0.4) is 0 Å². The molecule has 112 valence electrons. The van der Waals surface area contributed by atoms with E-state index < -0.39 is 0 Å². The zero-order valence-electron chi connectivity index (χ0n) is 11.9. The number of halogens is 2. The quantitative estimate of drug-likeness (QED) is 0.739. The van der Waals surface area contributed by atoms with Crippen molar-refractivity contribution in [2.75, 3.05) is 19.0 Å². The molecule has 1 aromatic rings. The highest BCUT2D eigenvalue weighted by Crippen LogP contribution is 2.21. The summed E-state index contributed by atoms with van der Waals surface area (Å²) in [6.07, 6.45) is 1.93. The topological polar surface area (TPSA) is 38.3 Å². The Morgan fingerprint density at radius 3 is 2.80 bits per heavy atom. The maximum absolute atomic E-state index is 11.7. The highest BCUT2D eigenvalue weighted by molar-refractivity contribution is 6.30. The van der Waals surface area contributed by atoms with E-state index in [1.165, 1.54) is 0 Å². The van der Waals surface area contributed by atoms with Crippen molar-refractivity contribution in [1.29, 1.82) is 0 Å². The van der Waals surface area contributed by atoms with Gasteiger partial charge in [0, 0.05) is 17.4 Å². The Kier molecular flexibility index (Phi) is 7.17. The van der Waals surface area contributed by atoms with Crippen LogP contribution in [0.15, 0.2) is 24.3 Å². The molecule has 1 aromatic carbocycles. The van der Waals surface area contributed by atoms with Crippen LogP contribution in [0.25, 0.3) is 0 Å². The lowest BCUT2D eigenvalue weighted by Gasteiger charge is -2.24. The molecule has 0 spiro atoms. The highest BCUT2D eigenvalue weighted by Gasteiger charge is 2.18. The largest absolute Gasteiger partial charge is 0.484 e. The summed E-state index contributed by atoms with van der Waals surface area (Å²) >= 11 is 11.5. The zero-order valence-corrected chi connectivity index (χ0v) is 13.4. The van der Waals surface area contributed by atoms with E-state index in [-0.39, 0.29) is 17.9 Å². The van der Waals surface area contributed by atoms with Gasteiger partial charge in [-0.25, -0.2) is 0 Å². The van der Waals surface area contributed by atoms with Gasteiger partial charge >= 0.3 is 0 Å². The fraction of sp³-hybridized carbons (Fsp3) is 0.533. The molecule has 1 amide bonds. The van der Waals surface area contributed by atoms with E-state index in [1.54, 1.807) is 24.3 Å². The fourth-order valence-electron chi connectivity index (χ4n) is 1.73. The van der Waals surface area contributed by atoms with Crippen molar-refractivity contribution in [3.63, 3.8) is 0 Å². The smallest absolute Gasteiger partial charge is 0.257 e. The SMILES string of the molecule is CC(C)(CCCCl)CNC(=O)COc1cccc(Cl)c1. The van der Waals surface area contributed by atoms with Gasteiger partial charge in [0.05, 0.1) is 0 Å². The van der Waals surface area contributed by atoms with Crippen molar-refractivity contribution in [3.05, 3.63) is 29.3 Å². The third kappa shape index (κ3) is 7.01. The first-order valence-electron chi connectivity index (χ1n) is 6.64. The molecule has 0 fully saturated rings. The maximum atomic E-state index is 11.7. The first-order chi connectivity index (χ1) is 9.43. The second-order valence-electron chi connectivity index (χ2n) is 5.48. The summed E-state index contributed by atoms with van der Waals surface area (Å²) in [5.41, 5.74) is 0.0423. The molecule has 0 aliphatic rings. The van der Waals surface area contributed by atoms with Crippen LogP contribution in [-0.2, 0) is 4.79 Å². The van der Waals surface area contributed by atoms with Crippen LogP contribution in [-0.4, -0.2) is 24.9 Å². The van der Waals surface area contributed by atoms with Gasteiger partial charge in [-0.2, -0.15) is 0 Å². The molecule has 0 atom stereocenters. The Morgan fingerprint density at radius 1 is 1.40 bits per heavy atom. The van der Waals surface area contributed by atoms with E-state index in [1.807, 2.05) is 0 Å². The van der Waals surface area contributed by atoms with E-state index in [0.717, 1.165) is 12.8 Å². The summed E-state index contributed by atoms with van der Waals surface area (Å²) in [6, 6.07) is 6.99. The Balaban J connectivity index is 2.30. The summed E-state index contributed by atoms with van der Waals surface area (Å²) in [5.74, 6) is 1.10. The summed E-state index contributed by atoms with van der Waals surface area (Å²) in [5, 5.41) is 3.46. The van der Waals surface area contributed by atoms with Crippen LogP contribution >= 0.6 is 23.2 Å². The second-order valence-corrected chi connectivity index (χ2v) is 6.29. The Labute approximate surface area is 130 Å².